The van der Waals surface area contributed by atoms with Crippen molar-refractivity contribution in [3.63, 3.8) is 0 Å². The highest BCUT2D eigenvalue weighted by molar-refractivity contribution is 6.01. The van der Waals surface area contributed by atoms with E-state index in [9.17, 15) is 9.59 Å². The van der Waals surface area contributed by atoms with Crippen LogP contribution < -0.4 is 15.4 Å². The molecule has 5 nitrogen and oxygen atoms in total. The molecule has 0 spiro atoms. The first-order chi connectivity index (χ1) is 12.1. The van der Waals surface area contributed by atoms with Crippen molar-refractivity contribution >= 4 is 23.6 Å². The number of amides is 2. The standard InChI is InChI=1S/C20H22N2O3/c1-3-25-18-11-6-15(7-12-18)8-13-19(23)22-17-9-4-16(5-10-17)14-20(24)21-2/h4-13H,3,14H2,1-2H3,(H,21,24)(H,22,23)/b13-8+. The van der Waals surface area contributed by atoms with E-state index in [0.29, 0.717) is 18.7 Å². The highest BCUT2D eigenvalue weighted by Crippen LogP contribution is 2.14. The molecule has 2 N–H and O–H groups in total. The smallest absolute Gasteiger partial charge is 0.248 e. The van der Waals surface area contributed by atoms with Gasteiger partial charge in [-0.15, -0.1) is 0 Å². The Balaban J connectivity index is 1.89. The van der Waals surface area contributed by atoms with Gasteiger partial charge in [-0.1, -0.05) is 24.3 Å². The van der Waals surface area contributed by atoms with Gasteiger partial charge < -0.3 is 15.4 Å². The van der Waals surface area contributed by atoms with Crippen LogP contribution in [0.25, 0.3) is 6.08 Å². The zero-order chi connectivity index (χ0) is 18.1. The molecule has 0 heterocycles. The van der Waals surface area contributed by atoms with Crippen LogP contribution in [0, 0.1) is 0 Å². The zero-order valence-electron chi connectivity index (χ0n) is 14.4. The lowest BCUT2D eigenvalue weighted by atomic mass is 10.1. The summed E-state index contributed by atoms with van der Waals surface area (Å²) in [4.78, 5) is 23.3. The summed E-state index contributed by atoms with van der Waals surface area (Å²) < 4.78 is 5.38. The SMILES string of the molecule is CCOc1ccc(/C=C/C(=O)Nc2ccc(CC(=O)NC)cc2)cc1. The van der Waals surface area contributed by atoms with Gasteiger partial charge in [0.05, 0.1) is 13.0 Å². The van der Waals surface area contributed by atoms with Crippen LogP contribution in [-0.4, -0.2) is 25.5 Å². The fourth-order valence-corrected chi connectivity index (χ4v) is 2.18. The van der Waals surface area contributed by atoms with Gasteiger partial charge in [-0.25, -0.2) is 0 Å². The Kier molecular flexibility index (Phi) is 6.77. The molecule has 0 unspecified atom stereocenters. The maximum Gasteiger partial charge on any atom is 0.248 e. The van der Waals surface area contributed by atoms with Crippen molar-refractivity contribution < 1.29 is 14.3 Å². The molecular weight excluding hydrogens is 316 g/mol. The van der Waals surface area contributed by atoms with Crippen molar-refractivity contribution in [1.82, 2.24) is 5.32 Å². The molecule has 2 aromatic rings. The number of ether oxygens (including phenoxy) is 1. The quantitative estimate of drug-likeness (QED) is 0.763. The van der Waals surface area contributed by atoms with Gasteiger partial charge in [-0.2, -0.15) is 0 Å². The van der Waals surface area contributed by atoms with Crippen LogP contribution in [0.15, 0.2) is 54.6 Å². The van der Waals surface area contributed by atoms with Gasteiger partial charge in [-0.3, -0.25) is 9.59 Å². The summed E-state index contributed by atoms with van der Waals surface area (Å²) in [5, 5.41) is 5.36. The van der Waals surface area contributed by atoms with E-state index in [0.717, 1.165) is 16.9 Å². The van der Waals surface area contributed by atoms with Crippen molar-refractivity contribution in [2.45, 2.75) is 13.3 Å². The summed E-state index contributed by atoms with van der Waals surface area (Å²) in [7, 11) is 1.60. The van der Waals surface area contributed by atoms with Crippen LogP contribution in [0.2, 0.25) is 0 Å². The van der Waals surface area contributed by atoms with Crippen LogP contribution in [0.5, 0.6) is 5.75 Å². The number of anilines is 1. The Morgan fingerprint density at radius 2 is 1.72 bits per heavy atom. The van der Waals surface area contributed by atoms with Crippen molar-refractivity contribution in [2.24, 2.45) is 0 Å². The highest BCUT2D eigenvalue weighted by Gasteiger charge is 2.02. The largest absolute Gasteiger partial charge is 0.494 e. The van der Waals surface area contributed by atoms with E-state index in [4.69, 9.17) is 4.74 Å². The van der Waals surface area contributed by atoms with Gasteiger partial charge in [0, 0.05) is 18.8 Å². The maximum absolute atomic E-state index is 12.0. The number of hydrogen-bond acceptors (Lipinski definition) is 3. The molecule has 5 heteroatoms. The molecule has 0 saturated carbocycles. The molecule has 0 aliphatic heterocycles. The minimum Gasteiger partial charge on any atom is -0.494 e. The molecule has 0 bridgehead atoms. The monoisotopic (exact) mass is 338 g/mol. The number of hydrogen-bond donors (Lipinski definition) is 2. The van der Waals surface area contributed by atoms with Gasteiger partial charge in [0.1, 0.15) is 5.75 Å². The predicted octanol–water partition coefficient (Wildman–Crippen LogP) is 3.03. The highest BCUT2D eigenvalue weighted by atomic mass is 16.5. The van der Waals surface area contributed by atoms with Crippen molar-refractivity contribution in [3.8, 4) is 5.75 Å². The Hall–Kier alpha value is -3.08. The molecular formula is C20H22N2O3. The van der Waals surface area contributed by atoms with E-state index in [2.05, 4.69) is 10.6 Å². The number of likely N-dealkylation sites (N-methyl/N-ethyl adjacent to an activating group) is 1. The number of carbonyl (C=O) groups excluding carboxylic acids is 2. The Morgan fingerprint density at radius 3 is 2.32 bits per heavy atom. The van der Waals surface area contributed by atoms with Crippen LogP contribution in [-0.2, 0) is 16.0 Å². The molecule has 2 amide bonds. The van der Waals surface area contributed by atoms with Crippen LogP contribution in [0.4, 0.5) is 5.69 Å². The Labute approximate surface area is 147 Å². The molecule has 0 atom stereocenters. The fraction of sp³-hybridized carbons (Fsp3) is 0.200. The molecule has 130 valence electrons. The summed E-state index contributed by atoms with van der Waals surface area (Å²) in [6.45, 7) is 2.56. The number of benzene rings is 2. The van der Waals surface area contributed by atoms with E-state index < -0.39 is 0 Å². The summed E-state index contributed by atoms with van der Waals surface area (Å²) in [5.74, 6) is 0.545. The predicted molar refractivity (Wildman–Crippen MR) is 99.5 cm³/mol. The normalized spacial score (nSPS) is 10.5. The van der Waals surface area contributed by atoms with Crippen LogP contribution in [0.3, 0.4) is 0 Å². The third-order valence-electron chi connectivity index (χ3n) is 3.48. The van der Waals surface area contributed by atoms with E-state index in [-0.39, 0.29) is 11.8 Å². The molecule has 0 aliphatic carbocycles. The third-order valence-corrected chi connectivity index (χ3v) is 3.48. The van der Waals surface area contributed by atoms with E-state index in [1.165, 1.54) is 6.08 Å². The lowest BCUT2D eigenvalue weighted by molar-refractivity contribution is -0.120. The maximum atomic E-state index is 12.0. The molecule has 0 saturated heterocycles. The second kappa shape index (κ2) is 9.27. The summed E-state index contributed by atoms with van der Waals surface area (Å²) in [5.41, 5.74) is 2.49. The number of rotatable bonds is 7. The van der Waals surface area contributed by atoms with Crippen LogP contribution in [0.1, 0.15) is 18.1 Å². The number of carbonyl (C=O) groups is 2. The summed E-state index contributed by atoms with van der Waals surface area (Å²) in [6.07, 6.45) is 3.54. The zero-order valence-corrected chi connectivity index (χ0v) is 14.4. The van der Waals surface area contributed by atoms with Gasteiger partial charge >= 0.3 is 0 Å². The summed E-state index contributed by atoms with van der Waals surface area (Å²) in [6, 6.07) is 14.7. The minimum absolute atomic E-state index is 0.0462. The van der Waals surface area contributed by atoms with Crippen LogP contribution >= 0.6 is 0 Å². The molecule has 0 fully saturated rings. The van der Waals surface area contributed by atoms with Crippen molar-refractivity contribution in [2.75, 3.05) is 19.0 Å². The van der Waals surface area contributed by atoms with Gasteiger partial charge in [0.25, 0.3) is 0 Å². The average Bonchev–Trinajstić information content (AvgIpc) is 2.63. The molecule has 2 aromatic carbocycles. The lowest BCUT2D eigenvalue weighted by Crippen LogP contribution is -2.19. The first-order valence-corrected chi connectivity index (χ1v) is 8.12. The molecule has 0 aromatic heterocycles. The average molecular weight is 338 g/mol. The molecule has 0 radical (unpaired) electrons. The lowest BCUT2D eigenvalue weighted by Gasteiger charge is -2.05. The molecule has 0 aliphatic rings. The second-order valence-electron chi connectivity index (χ2n) is 5.37. The Bertz CT molecular complexity index is 735. The first kappa shape index (κ1) is 18.3. The van der Waals surface area contributed by atoms with E-state index in [1.807, 2.05) is 43.3 Å². The van der Waals surface area contributed by atoms with Gasteiger partial charge in [0.15, 0.2) is 0 Å². The Morgan fingerprint density at radius 1 is 1.04 bits per heavy atom. The van der Waals surface area contributed by atoms with Gasteiger partial charge in [0.2, 0.25) is 11.8 Å². The second-order valence-corrected chi connectivity index (χ2v) is 5.37. The van der Waals surface area contributed by atoms with Crippen molar-refractivity contribution in [1.29, 1.82) is 0 Å². The topological polar surface area (TPSA) is 67.4 Å². The molecule has 25 heavy (non-hydrogen) atoms. The fourth-order valence-electron chi connectivity index (χ4n) is 2.18. The van der Waals surface area contributed by atoms with E-state index in [1.54, 1.807) is 25.3 Å². The third kappa shape index (κ3) is 6.14. The summed E-state index contributed by atoms with van der Waals surface area (Å²) >= 11 is 0. The minimum atomic E-state index is -0.215. The first-order valence-electron chi connectivity index (χ1n) is 8.12. The van der Waals surface area contributed by atoms with Gasteiger partial charge in [-0.05, 0) is 48.4 Å². The molecule has 2 rings (SSSR count). The van der Waals surface area contributed by atoms with Crippen molar-refractivity contribution in [3.05, 3.63) is 65.7 Å². The number of nitrogens with one attached hydrogen (secondary N) is 2. The van der Waals surface area contributed by atoms with E-state index >= 15 is 0 Å².